The number of hydrogen-bond donors (Lipinski definition) is 2. The van der Waals surface area contributed by atoms with E-state index in [0.717, 1.165) is 38.5 Å². The van der Waals surface area contributed by atoms with Crippen LogP contribution in [0.4, 0.5) is 5.69 Å². The Morgan fingerprint density at radius 1 is 1.03 bits per heavy atom. The van der Waals surface area contributed by atoms with Gasteiger partial charge in [0.1, 0.15) is 0 Å². The number of imide groups is 1. The van der Waals surface area contributed by atoms with Crippen molar-refractivity contribution in [3.05, 3.63) is 41.5 Å². The van der Waals surface area contributed by atoms with Gasteiger partial charge in [-0.1, -0.05) is 19.9 Å². The smallest absolute Gasteiger partial charge is 0.259 e. The monoisotopic (exact) mass is 489 g/mol. The van der Waals surface area contributed by atoms with Gasteiger partial charge in [0.2, 0.25) is 11.8 Å². The molecule has 6 rings (SSSR count). The molecule has 0 saturated heterocycles. The zero-order valence-corrected chi connectivity index (χ0v) is 21.3. The van der Waals surface area contributed by atoms with Gasteiger partial charge in [-0.15, -0.1) is 0 Å². The number of amides is 4. The highest BCUT2D eigenvalue weighted by molar-refractivity contribution is 6.22. The minimum Gasteiger partial charge on any atom is -0.338 e. The van der Waals surface area contributed by atoms with Crippen LogP contribution < -0.4 is 10.6 Å². The van der Waals surface area contributed by atoms with Gasteiger partial charge >= 0.3 is 0 Å². The predicted octanol–water partition coefficient (Wildman–Crippen LogP) is 4.15. The van der Waals surface area contributed by atoms with Crippen molar-refractivity contribution in [2.24, 2.45) is 34.5 Å². The fourth-order valence-electron chi connectivity index (χ4n) is 8.86. The number of hydrogen-bond acceptors (Lipinski definition) is 4. The van der Waals surface area contributed by atoms with Crippen molar-refractivity contribution in [1.29, 1.82) is 0 Å². The molecule has 0 spiro atoms. The zero-order valence-electron chi connectivity index (χ0n) is 21.3. The highest BCUT2D eigenvalue weighted by atomic mass is 16.2. The van der Waals surface area contributed by atoms with Gasteiger partial charge in [-0.05, 0) is 91.9 Å². The Morgan fingerprint density at radius 3 is 2.61 bits per heavy atom. The summed E-state index contributed by atoms with van der Waals surface area (Å²) < 4.78 is 0. The van der Waals surface area contributed by atoms with Crippen LogP contribution in [-0.4, -0.2) is 41.6 Å². The molecular weight excluding hydrogens is 454 g/mol. The molecule has 0 aromatic heterocycles. The lowest BCUT2D eigenvalue weighted by atomic mass is 9.47. The summed E-state index contributed by atoms with van der Waals surface area (Å²) in [6.07, 6.45) is 11.2. The van der Waals surface area contributed by atoms with E-state index < -0.39 is 11.8 Å². The first kappa shape index (κ1) is 23.4. The molecule has 7 nitrogen and oxygen atoms in total. The molecule has 3 aliphatic carbocycles. The van der Waals surface area contributed by atoms with Gasteiger partial charge in [0.15, 0.2) is 0 Å². The molecule has 5 aliphatic rings. The van der Waals surface area contributed by atoms with Crippen LogP contribution in [0.15, 0.2) is 30.4 Å². The van der Waals surface area contributed by atoms with E-state index in [0.29, 0.717) is 46.9 Å². The second kappa shape index (κ2) is 8.02. The lowest BCUT2D eigenvalue weighted by molar-refractivity contribution is -0.139. The first-order chi connectivity index (χ1) is 17.1. The molecule has 0 radical (unpaired) electrons. The van der Waals surface area contributed by atoms with Crippen LogP contribution in [0.3, 0.4) is 0 Å². The molecule has 2 heterocycles. The molecule has 7 heteroatoms. The predicted molar refractivity (Wildman–Crippen MR) is 135 cm³/mol. The van der Waals surface area contributed by atoms with E-state index in [1.165, 1.54) is 0 Å². The highest BCUT2D eigenvalue weighted by Gasteiger charge is 2.60. The normalized spacial score (nSPS) is 38.7. The van der Waals surface area contributed by atoms with E-state index in [1.54, 1.807) is 24.3 Å². The number of likely N-dealkylation sites (N-methyl/N-ethyl adjacent to an activating group) is 1. The maximum atomic E-state index is 13.1. The summed E-state index contributed by atoms with van der Waals surface area (Å²) in [5.41, 5.74) is 1.40. The third-order valence-electron chi connectivity index (χ3n) is 10.8. The van der Waals surface area contributed by atoms with Crippen LogP contribution in [0.5, 0.6) is 0 Å². The fraction of sp³-hybridized carbons (Fsp3) is 0.586. The Balaban J connectivity index is 1.16. The van der Waals surface area contributed by atoms with Gasteiger partial charge in [0.05, 0.1) is 11.1 Å². The number of carbonyl (C=O) groups excluding carboxylic acids is 4. The molecule has 0 bridgehead atoms. The van der Waals surface area contributed by atoms with Crippen molar-refractivity contribution in [2.75, 3.05) is 12.4 Å². The first-order valence-electron chi connectivity index (χ1n) is 13.4. The molecule has 4 amide bonds. The molecule has 3 fully saturated rings. The molecule has 190 valence electrons. The topological polar surface area (TPSA) is 95.6 Å². The average molecular weight is 490 g/mol. The fourth-order valence-corrected chi connectivity index (χ4v) is 8.86. The van der Waals surface area contributed by atoms with Gasteiger partial charge in [0, 0.05) is 30.6 Å². The minimum atomic E-state index is -0.416. The lowest BCUT2D eigenvalue weighted by Crippen LogP contribution is -2.59. The van der Waals surface area contributed by atoms with Crippen LogP contribution >= 0.6 is 0 Å². The number of rotatable bonds is 3. The third kappa shape index (κ3) is 3.31. The summed E-state index contributed by atoms with van der Waals surface area (Å²) in [5, 5.41) is 5.27. The van der Waals surface area contributed by atoms with Crippen LogP contribution in [0.2, 0.25) is 0 Å². The molecular formula is C29H35N3O4. The number of carbonyl (C=O) groups is 4. The Kier molecular flexibility index (Phi) is 5.22. The largest absolute Gasteiger partial charge is 0.338 e. The van der Waals surface area contributed by atoms with Gasteiger partial charge in [0.25, 0.3) is 11.8 Å². The van der Waals surface area contributed by atoms with Gasteiger partial charge in [-0.25, -0.2) is 0 Å². The Bertz CT molecular complexity index is 1210. The summed E-state index contributed by atoms with van der Waals surface area (Å²) in [5.74, 6) is 1.45. The van der Waals surface area contributed by atoms with Crippen molar-refractivity contribution in [3.8, 4) is 0 Å². The molecule has 36 heavy (non-hydrogen) atoms. The Hall–Kier alpha value is -2.96. The van der Waals surface area contributed by atoms with Crippen molar-refractivity contribution < 1.29 is 19.2 Å². The number of nitrogens with one attached hydrogen (secondary N) is 2. The van der Waals surface area contributed by atoms with Crippen LogP contribution in [-0.2, 0) is 9.59 Å². The molecule has 7 atom stereocenters. The Labute approximate surface area is 212 Å². The molecule has 1 aromatic rings. The van der Waals surface area contributed by atoms with E-state index in [9.17, 15) is 19.2 Å². The zero-order chi connectivity index (χ0) is 25.4. The maximum Gasteiger partial charge on any atom is 0.259 e. The number of nitrogens with zero attached hydrogens (tertiary/aromatic N) is 1. The van der Waals surface area contributed by atoms with Crippen molar-refractivity contribution in [2.45, 2.75) is 64.8 Å². The quantitative estimate of drug-likeness (QED) is 0.624. The maximum absolute atomic E-state index is 13.1. The Morgan fingerprint density at radius 2 is 1.81 bits per heavy atom. The summed E-state index contributed by atoms with van der Waals surface area (Å²) in [6.45, 7) is 4.77. The van der Waals surface area contributed by atoms with Crippen LogP contribution in [0.1, 0.15) is 79.5 Å². The van der Waals surface area contributed by atoms with Crippen LogP contribution in [0, 0.1) is 34.5 Å². The summed E-state index contributed by atoms with van der Waals surface area (Å²) in [4.78, 5) is 51.2. The first-order valence-corrected chi connectivity index (χ1v) is 13.4. The molecule has 2 N–H and O–H groups in total. The van der Waals surface area contributed by atoms with E-state index in [1.807, 2.05) is 11.9 Å². The van der Waals surface area contributed by atoms with Crippen molar-refractivity contribution in [1.82, 2.24) is 10.2 Å². The summed E-state index contributed by atoms with van der Waals surface area (Å²) in [6, 6.07) is 5.17. The number of fused-ring (bicyclic) bond motifs is 6. The average Bonchev–Trinajstić information content (AvgIpc) is 3.32. The molecule has 2 aliphatic heterocycles. The van der Waals surface area contributed by atoms with E-state index in [4.69, 9.17) is 0 Å². The third-order valence-corrected chi connectivity index (χ3v) is 10.8. The SMILES string of the molecule is CN1C(=O)C=C[C@]2(C)C3CC[C@@]4(C)C(CC[C@@H]4CC(=O)Nc4ccc5c(c4)C(=O)NC5=O)C3CCC12. The van der Waals surface area contributed by atoms with Crippen molar-refractivity contribution in [3.63, 3.8) is 0 Å². The van der Waals surface area contributed by atoms with Crippen LogP contribution in [0.25, 0.3) is 0 Å². The van der Waals surface area contributed by atoms with Gasteiger partial charge in [-0.2, -0.15) is 0 Å². The van der Waals surface area contributed by atoms with Gasteiger partial charge in [-0.3, -0.25) is 24.5 Å². The van der Waals surface area contributed by atoms with E-state index in [-0.39, 0.29) is 28.7 Å². The van der Waals surface area contributed by atoms with E-state index >= 15 is 0 Å². The lowest BCUT2D eigenvalue weighted by Gasteiger charge is -2.60. The summed E-state index contributed by atoms with van der Waals surface area (Å²) in [7, 11) is 1.96. The summed E-state index contributed by atoms with van der Waals surface area (Å²) >= 11 is 0. The number of benzene rings is 1. The molecule has 3 saturated carbocycles. The van der Waals surface area contributed by atoms with Crippen molar-refractivity contribution >= 4 is 29.3 Å². The van der Waals surface area contributed by atoms with E-state index in [2.05, 4.69) is 30.6 Å². The second-order valence-corrected chi connectivity index (χ2v) is 12.2. The highest BCUT2D eigenvalue weighted by Crippen LogP contribution is 2.66. The number of anilines is 1. The molecule has 4 unspecified atom stereocenters. The molecule has 1 aromatic carbocycles. The minimum absolute atomic E-state index is 0.0281. The second-order valence-electron chi connectivity index (χ2n) is 12.2. The van der Waals surface area contributed by atoms with Gasteiger partial charge < -0.3 is 10.2 Å². The standard InChI is InChI=1S/C29H35N3O4/c1-28-12-10-22-19(7-9-23-29(22,2)13-11-25(34)32(23)3)21(28)8-4-16(28)14-24(33)30-17-5-6-18-20(15-17)27(36)31-26(18)35/h5-6,11,13,15-16,19,21-23H,4,7-10,12,14H2,1-3H3,(H,30,33)(H,31,35,36)/t16-,19?,21?,22?,23?,28-,29-/m1/s1.